The summed E-state index contributed by atoms with van der Waals surface area (Å²) in [5.74, 6) is 2.53. The molecule has 2 aromatic rings. The van der Waals surface area contributed by atoms with E-state index in [1.54, 1.807) is 33.4 Å². The first-order valence-electron chi connectivity index (χ1n) is 10.9. The summed E-state index contributed by atoms with van der Waals surface area (Å²) in [5.41, 5.74) is 1.10. The van der Waals surface area contributed by atoms with Gasteiger partial charge in [0.1, 0.15) is 29.2 Å². The second-order valence-electron chi connectivity index (χ2n) is 7.82. The standard InChI is InChI=1S/C24H33FN4O3/c1-17(32-21-7-5-6-18(25)12-21)16-27-24(26-2)28-19-8-10-29(11-9-19)20-13-22(30-3)15-23(14-20)31-4/h5-7,12-15,17,19H,8-11,16H2,1-4H3,(H2,26,27,28). The van der Waals surface area contributed by atoms with Crippen molar-refractivity contribution in [3.8, 4) is 17.2 Å². The molecule has 3 rings (SSSR count). The minimum absolute atomic E-state index is 0.139. The molecule has 1 aliphatic heterocycles. The minimum Gasteiger partial charge on any atom is -0.497 e. The molecule has 0 amide bonds. The van der Waals surface area contributed by atoms with Crippen LogP contribution >= 0.6 is 0 Å². The van der Waals surface area contributed by atoms with E-state index >= 15 is 0 Å². The van der Waals surface area contributed by atoms with E-state index in [1.165, 1.54) is 12.1 Å². The molecule has 1 atom stereocenters. The SMILES string of the molecule is CN=C(NCC(C)Oc1cccc(F)c1)NC1CCN(c2cc(OC)cc(OC)c2)CC1. The molecule has 0 aromatic heterocycles. The van der Waals surface area contributed by atoms with Gasteiger partial charge in [0.25, 0.3) is 0 Å². The van der Waals surface area contributed by atoms with E-state index in [1.807, 2.05) is 25.1 Å². The molecule has 2 aromatic carbocycles. The van der Waals surface area contributed by atoms with Crippen LogP contribution in [0.2, 0.25) is 0 Å². The molecule has 32 heavy (non-hydrogen) atoms. The molecule has 1 fully saturated rings. The van der Waals surface area contributed by atoms with Gasteiger partial charge in [-0.3, -0.25) is 4.99 Å². The van der Waals surface area contributed by atoms with Crippen LogP contribution in [0.1, 0.15) is 19.8 Å². The van der Waals surface area contributed by atoms with E-state index < -0.39 is 0 Å². The molecule has 0 radical (unpaired) electrons. The fourth-order valence-corrected chi connectivity index (χ4v) is 3.70. The van der Waals surface area contributed by atoms with Crippen LogP contribution in [0.15, 0.2) is 47.5 Å². The number of anilines is 1. The second-order valence-corrected chi connectivity index (χ2v) is 7.82. The Morgan fingerprint density at radius 2 is 1.78 bits per heavy atom. The highest BCUT2D eigenvalue weighted by atomic mass is 19.1. The van der Waals surface area contributed by atoms with Crippen molar-refractivity contribution in [1.82, 2.24) is 10.6 Å². The zero-order valence-corrected chi connectivity index (χ0v) is 19.2. The lowest BCUT2D eigenvalue weighted by molar-refractivity contribution is 0.222. The van der Waals surface area contributed by atoms with Gasteiger partial charge in [-0.1, -0.05) is 6.07 Å². The lowest BCUT2D eigenvalue weighted by atomic mass is 10.0. The Hall–Kier alpha value is -3.16. The van der Waals surface area contributed by atoms with Gasteiger partial charge in [0.2, 0.25) is 0 Å². The topological polar surface area (TPSA) is 67.4 Å². The molecule has 0 aliphatic carbocycles. The smallest absolute Gasteiger partial charge is 0.191 e. The van der Waals surface area contributed by atoms with E-state index in [0.29, 0.717) is 18.3 Å². The first-order valence-corrected chi connectivity index (χ1v) is 10.9. The lowest BCUT2D eigenvalue weighted by Gasteiger charge is -2.35. The van der Waals surface area contributed by atoms with Crippen LogP contribution in [0, 0.1) is 5.82 Å². The monoisotopic (exact) mass is 444 g/mol. The second kappa shape index (κ2) is 11.5. The molecule has 0 bridgehead atoms. The molecule has 8 heteroatoms. The van der Waals surface area contributed by atoms with Crippen LogP contribution in [-0.4, -0.2) is 59.0 Å². The summed E-state index contributed by atoms with van der Waals surface area (Å²) in [4.78, 5) is 6.67. The van der Waals surface area contributed by atoms with Gasteiger partial charge in [0.05, 0.1) is 20.8 Å². The lowest BCUT2D eigenvalue weighted by Crippen LogP contribution is -2.50. The predicted molar refractivity (Wildman–Crippen MR) is 126 cm³/mol. The van der Waals surface area contributed by atoms with Crippen molar-refractivity contribution in [2.75, 3.05) is 45.8 Å². The summed E-state index contributed by atoms with van der Waals surface area (Å²) < 4.78 is 29.9. The molecule has 1 saturated heterocycles. The summed E-state index contributed by atoms with van der Waals surface area (Å²) >= 11 is 0. The summed E-state index contributed by atoms with van der Waals surface area (Å²) in [6, 6.07) is 12.5. The number of halogens is 1. The third-order valence-corrected chi connectivity index (χ3v) is 5.45. The van der Waals surface area contributed by atoms with Crippen molar-refractivity contribution in [2.24, 2.45) is 4.99 Å². The van der Waals surface area contributed by atoms with Gasteiger partial charge in [-0.15, -0.1) is 0 Å². The fourth-order valence-electron chi connectivity index (χ4n) is 3.70. The number of nitrogens with zero attached hydrogens (tertiary/aromatic N) is 2. The van der Waals surface area contributed by atoms with Gasteiger partial charge < -0.3 is 29.7 Å². The Kier molecular flexibility index (Phi) is 8.41. The van der Waals surface area contributed by atoms with Gasteiger partial charge in [-0.2, -0.15) is 0 Å². The highest BCUT2D eigenvalue weighted by molar-refractivity contribution is 5.80. The largest absolute Gasteiger partial charge is 0.497 e. The maximum atomic E-state index is 13.3. The van der Waals surface area contributed by atoms with Crippen LogP contribution < -0.4 is 29.7 Å². The normalized spacial score (nSPS) is 15.8. The van der Waals surface area contributed by atoms with Crippen molar-refractivity contribution in [3.05, 3.63) is 48.3 Å². The van der Waals surface area contributed by atoms with E-state index in [-0.39, 0.29) is 11.9 Å². The molecular formula is C24H33FN4O3. The molecule has 174 valence electrons. The molecule has 0 spiro atoms. The number of piperidine rings is 1. The highest BCUT2D eigenvalue weighted by Gasteiger charge is 2.21. The van der Waals surface area contributed by atoms with Crippen molar-refractivity contribution < 1.29 is 18.6 Å². The first kappa shape index (κ1) is 23.5. The van der Waals surface area contributed by atoms with Crippen molar-refractivity contribution in [1.29, 1.82) is 0 Å². The number of methoxy groups -OCH3 is 2. The number of nitrogens with one attached hydrogen (secondary N) is 2. The van der Waals surface area contributed by atoms with Gasteiger partial charge in [-0.25, -0.2) is 4.39 Å². The average molecular weight is 445 g/mol. The molecule has 0 saturated carbocycles. The summed E-state index contributed by atoms with van der Waals surface area (Å²) in [7, 11) is 5.08. The molecule has 1 aliphatic rings. The zero-order chi connectivity index (χ0) is 22.9. The van der Waals surface area contributed by atoms with Gasteiger partial charge in [-0.05, 0) is 31.9 Å². The quantitative estimate of drug-likeness (QED) is 0.480. The van der Waals surface area contributed by atoms with Crippen molar-refractivity contribution in [2.45, 2.75) is 31.9 Å². The Labute approximate surface area is 189 Å². The Bertz CT molecular complexity index is 878. The molecule has 1 heterocycles. The van der Waals surface area contributed by atoms with Gasteiger partial charge in [0, 0.05) is 56.1 Å². The van der Waals surface area contributed by atoms with E-state index in [9.17, 15) is 4.39 Å². The van der Waals surface area contributed by atoms with Crippen molar-refractivity contribution in [3.63, 3.8) is 0 Å². The number of ether oxygens (including phenoxy) is 3. The summed E-state index contributed by atoms with van der Waals surface area (Å²) in [6.07, 6.45) is 1.82. The third kappa shape index (κ3) is 6.67. The van der Waals surface area contributed by atoms with Gasteiger partial charge >= 0.3 is 0 Å². The van der Waals surface area contributed by atoms with Gasteiger partial charge in [0.15, 0.2) is 5.96 Å². The predicted octanol–water partition coefficient (Wildman–Crippen LogP) is 3.44. The molecule has 7 nitrogen and oxygen atoms in total. The van der Waals surface area contributed by atoms with E-state index in [2.05, 4.69) is 20.5 Å². The Morgan fingerprint density at radius 1 is 1.09 bits per heavy atom. The minimum atomic E-state index is -0.307. The number of benzene rings is 2. The third-order valence-electron chi connectivity index (χ3n) is 5.45. The van der Waals surface area contributed by atoms with Crippen molar-refractivity contribution >= 4 is 11.6 Å². The summed E-state index contributed by atoms with van der Waals surface area (Å²) in [5, 5.41) is 6.80. The number of hydrogen-bond donors (Lipinski definition) is 2. The average Bonchev–Trinajstić information content (AvgIpc) is 2.81. The first-order chi connectivity index (χ1) is 15.5. The maximum Gasteiger partial charge on any atom is 0.191 e. The number of aliphatic imine (C=N–C) groups is 1. The molecule has 2 N–H and O–H groups in total. The molecule has 1 unspecified atom stereocenters. The summed E-state index contributed by atoms with van der Waals surface area (Å²) in [6.45, 7) is 4.33. The number of guanidine groups is 1. The highest BCUT2D eigenvalue weighted by Crippen LogP contribution is 2.30. The van der Waals surface area contributed by atoms with Crippen LogP contribution in [-0.2, 0) is 0 Å². The number of hydrogen-bond acceptors (Lipinski definition) is 5. The fraction of sp³-hybridized carbons (Fsp3) is 0.458. The van der Waals surface area contributed by atoms with Crippen LogP contribution in [0.5, 0.6) is 17.2 Å². The molecular weight excluding hydrogens is 411 g/mol. The maximum absolute atomic E-state index is 13.3. The zero-order valence-electron chi connectivity index (χ0n) is 19.2. The number of rotatable bonds is 8. The van der Waals surface area contributed by atoms with Crippen LogP contribution in [0.4, 0.5) is 10.1 Å². The Balaban J connectivity index is 1.46. The van der Waals surface area contributed by atoms with E-state index in [0.717, 1.165) is 49.1 Å². The van der Waals surface area contributed by atoms with E-state index in [4.69, 9.17) is 14.2 Å². The van der Waals surface area contributed by atoms with Crippen LogP contribution in [0.25, 0.3) is 0 Å². The van der Waals surface area contributed by atoms with Crippen LogP contribution in [0.3, 0.4) is 0 Å². The Morgan fingerprint density at radius 3 is 2.38 bits per heavy atom.